The van der Waals surface area contributed by atoms with E-state index in [0.29, 0.717) is 39.1 Å². The average molecular weight is 259 g/mol. The highest BCUT2D eigenvalue weighted by Gasteiger charge is 2.14. The molecule has 0 aliphatic heterocycles. The first kappa shape index (κ1) is 16.9. The van der Waals surface area contributed by atoms with Crippen LogP contribution in [-0.2, 0) is 14.3 Å². The minimum atomic E-state index is -0.575. The molecule has 0 aromatic carbocycles. The summed E-state index contributed by atoms with van der Waals surface area (Å²) < 4.78 is 4.85. The Morgan fingerprint density at radius 3 is 2.44 bits per heavy atom. The Morgan fingerprint density at radius 2 is 1.94 bits per heavy atom. The fraction of sp³-hybridized carbons (Fsp3) is 0.833. The van der Waals surface area contributed by atoms with Crippen molar-refractivity contribution in [1.82, 2.24) is 10.2 Å². The van der Waals surface area contributed by atoms with Gasteiger partial charge in [0.25, 0.3) is 0 Å². The molecule has 2 amide bonds. The van der Waals surface area contributed by atoms with E-state index in [2.05, 4.69) is 5.32 Å². The first-order valence-corrected chi connectivity index (χ1v) is 6.36. The standard InChI is InChI=1S/C12H25N3O3/c1-4-15(5-2)11(16)6-8-14-12(17)10(13)7-9-18-3/h10H,4-9,13H2,1-3H3,(H,14,17). The van der Waals surface area contributed by atoms with Gasteiger partial charge in [-0.2, -0.15) is 0 Å². The van der Waals surface area contributed by atoms with Gasteiger partial charge < -0.3 is 20.7 Å². The van der Waals surface area contributed by atoms with Gasteiger partial charge in [0.2, 0.25) is 11.8 Å². The third-order valence-corrected chi connectivity index (χ3v) is 2.72. The number of hydrogen-bond acceptors (Lipinski definition) is 4. The topological polar surface area (TPSA) is 84.7 Å². The van der Waals surface area contributed by atoms with Gasteiger partial charge in [0, 0.05) is 39.8 Å². The van der Waals surface area contributed by atoms with Gasteiger partial charge in [0.05, 0.1) is 6.04 Å². The van der Waals surface area contributed by atoms with Crippen LogP contribution in [0.3, 0.4) is 0 Å². The third-order valence-electron chi connectivity index (χ3n) is 2.72. The Hall–Kier alpha value is -1.14. The van der Waals surface area contributed by atoms with E-state index in [9.17, 15) is 9.59 Å². The normalized spacial score (nSPS) is 12.0. The van der Waals surface area contributed by atoms with Crippen LogP contribution >= 0.6 is 0 Å². The van der Waals surface area contributed by atoms with Crippen LogP contribution in [0.5, 0.6) is 0 Å². The number of nitrogens with zero attached hydrogens (tertiary/aromatic N) is 1. The van der Waals surface area contributed by atoms with Gasteiger partial charge in [0.1, 0.15) is 0 Å². The monoisotopic (exact) mass is 259 g/mol. The first-order chi connectivity index (χ1) is 8.56. The van der Waals surface area contributed by atoms with Crippen LogP contribution in [0.4, 0.5) is 0 Å². The molecule has 0 bridgehead atoms. The molecule has 0 aliphatic carbocycles. The number of nitrogens with two attached hydrogens (primary N) is 1. The van der Waals surface area contributed by atoms with Crippen molar-refractivity contribution in [3.8, 4) is 0 Å². The lowest BCUT2D eigenvalue weighted by Gasteiger charge is -2.19. The van der Waals surface area contributed by atoms with Crippen molar-refractivity contribution >= 4 is 11.8 Å². The highest BCUT2D eigenvalue weighted by Crippen LogP contribution is 1.94. The van der Waals surface area contributed by atoms with Gasteiger partial charge >= 0.3 is 0 Å². The molecular weight excluding hydrogens is 234 g/mol. The zero-order valence-electron chi connectivity index (χ0n) is 11.6. The van der Waals surface area contributed by atoms with Crippen molar-refractivity contribution in [2.75, 3.05) is 33.4 Å². The molecule has 0 aliphatic rings. The summed E-state index contributed by atoms with van der Waals surface area (Å²) in [6.45, 7) is 6.02. The molecule has 0 aromatic heterocycles. The van der Waals surface area contributed by atoms with Crippen LogP contribution < -0.4 is 11.1 Å². The molecule has 0 spiro atoms. The van der Waals surface area contributed by atoms with Crippen molar-refractivity contribution in [1.29, 1.82) is 0 Å². The van der Waals surface area contributed by atoms with Gasteiger partial charge in [-0.15, -0.1) is 0 Å². The highest BCUT2D eigenvalue weighted by molar-refractivity contribution is 5.82. The second-order valence-corrected chi connectivity index (χ2v) is 4.00. The van der Waals surface area contributed by atoms with Gasteiger partial charge in [-0.1, -0.05) is 0 Å². The Balaban J connectivity index is 3.83. The minimum absolute atomic E-state index is 0.0470. The maximum Gasteiger partial charge on any atom is 0.237 e. The van der Waals surface area contributed by atoms with Crippen molar-refractivity contribution in [3.05, 3.63) is 0 Å². The summed E-state index contributed by atoms with van der Waals surface area (Å²) in [4.78, 5) is 24.9. The molecule has 0 heterocycles. The number of carbonyl (C=O) groups is 2. The summed E-state index contributed by atoms with van der Waals surface area (Å²) >= 11 is 0. The molecule has 6 heteroatoms. The summed E-state index contributed by atoms with van der Waals surface area (Å²) in [5.74, 6) is -0.190. The van der Waals surface area contributed by atoms with Crippen LogP contribution in [0.2, 0.25) is 0 Å². The molecule has 0 rings (SSSR count). The van der Waals surface area contributed by atoms with E-state index >= 15 is 0 Å². The van der Waals surface area contributed by atoms with E-state index in [1.807, 2.05) is 13.8 Å². The largest absolute Gasteiger partial charge is 0.385 e. The first-order valence-electron chi connectivity index (χ1n) is 6.36. The van der Waals surface area contributed by atoms with Gasteiger partial charge in [-0.3, -0.25) is 9.59 Å². The summed E-state index contributed by atoms with van der Waals surface area (Å²) in [7, 11) is 1.56. The molecule has 1 atom stereocenters. The van der Waals surface area contributed by atoms with E-state index in [1.54, 1.807) is 12.0 Å². The van der Waals surface area contributed by atoms with Crippen LogP contribution in [0.15, 0.2) is 0 Å². The van der Waals surface area contributed by atoms with Crippen LogP contribution in [0, 0.1) is 0 Å². The number of methoxy groups -OCH3 is 1. The molecule has 3 N–H and O–H groups in total. The lowest BCUT2D eigenvalue weighted by Crippen LogP contribution is -2.42. The Labute approximate surface area is 109 Å². The van der Waals surface area contributed by atoms with E-state index in [1.165, 1.54) is 0 Å². The van der Waals surface area contributed by atoms with Crippen molar-refractivity contribution in [2.45, 2.75) is 32.7 Å². The summed E-state index contributed by atoms with van der Waals surface area (Å²) in [5.41, 5.74) is 5.64. The maximum absolute atomic E-state index is 11.7. The number of rotatable bonds is 9. The van der Waals surface area contributed by atoms with Crippen molar-refractivity contribution < 1.29 is 14.3 Å². The minimum Gasteiger partial charge on any atom is -0.385 e. The summed E-state index contributed by atoms with van der Waals surface area (Å²) in [5, 5.41) is 2.66. The molecule has 0 saturated carbocycles. The van der Waals surface area contributed by atoms with Crippen LogP contribution in [0.25, 0.3) is 0 Å². The SMILES string of the molecule is CCN(CC)C(=O)CCNC(=O)C(N)CCOC. The van der Waals surface area contributed by atoms with E-state index in [-0.39, 0.29) is 11.8 Å². The predicted molar refractivity (Wildman–Crippen MR) is 70.0 cm³/mol. The van der Waals surface area contributed by atoms with E-state index < -0.39 is 6.04 Å². The van der Waals surface area contributed by atoms with Gasteiger partial charge in [-0.05, 0) is 20.3 Å². The number of hydrogen-bond donors (Lipinski definition) is 2. The van der Waals surface area contributed by atoms with Gasteiger partial charge in [-0.25, -0.2) is 0 Å². The lowest BCUT2D eigenvalue weighted by atomic mass is 10.2. The fourth-order valence-corrected chi connectivity index (χ4v) is 1.53. The van der Waals surface area contributed by atoms with Crippen molar-refractivity contribution in [2.24, 2.45) is 5.73 Å². The number of amides is 2. The van der Waals surface area contributed by atoms with Crippen molar-refractivity contribution in [3.63, 3.8) is 0 Å². The number of carbonyl (C=O) groups excluding carboxylic acids is 2. The number of nitrogens with one attached hydrogen (secondary N) is 1. The Kier molecular flexibility index (Phi) is 9.22. The average Bonchev–Trinajstić information content (AvgIpc) is 2.37. The summed E-state index contributed by atoms with van der Waals surface area (Å²) in [6, 6.07) is -0.575. The smallest absolute Gasteiger partial charge is 0.237 e. The molecule has 6 nitrogen and oxygen atoms in total. The van der Waals surface area contributed by atoms with E-state index in [0.717, 1.165) is 0 Å². The Morgan fingerprint density at radius 1 is 1.33 bits per heavy atom. The van der Waals surface area contributed by atoms with Gasteiger partial charge in [0.15, 0.2) is 0 Å². The van der Waals surface area contributed by atoms with E-state index in [4.69, 9.17) is 10.5 Å². The maximum atomic E-state index is 11.7. The van der Waals surface area contributed by atoms with Crippen LogP contribution in [0.1, 0.15) is 26.7 Å². The number of ether oxygens (including phenoxy) is 1. The molecule has 18 heavy (non-hydrogen) atoms. The second-order valence-electron chi connectivity index (χ2n) is 4.00. The lowest BCUT2D eigenvalue weighted by molar-refractivity contribution is -0.130. The van der Waals surface area contributed by atoms with Crippen LogP contribution in [-0.4, -0.2) is 56.1 Å². The molecule has 0 aromatic rings. The predicted octanol–water partition coefficient (Wildman–Crippen LogP) is -0.275. The zero-order chi connectivity index (χ0) is 14.0. The molecule has 0 fully saturated rings. The highest BCUT2D eigenvalue weighted by atomic mass is 16.5. The molecule has 106 valence electrons. The third kappa shape index (κ3) is 6.56. The zero-order valence-corrected chi connectivity index (χ0v) is 11.6. The molecular formula is C12H25N3O3. The fourth-order valence-electron chi connectivity index (χ4n) is 1.53. The second kappa shape index (κ2) is 9.85. The molecule has 0 radical (unpaired) electrons. The summed E-state index contributed by atoms with van der Waals surface area (Å²) in [6.07, 6.45) is 0.788. The Bertz CT molecular complexity index is 255. The molecule has 0 saturated heterocycles. The quantitative estimate of drug-likeness (QED) is 0.596. The molecule has 1 unspecified atom stereocenters.